The van der Waals surface area contributed by atoms with Crippen molar-refractivity contribution in [3.63, 3.8) is 0 Å². The molecule has 6 nitrogen and oxygen atoms in total. The zero-order valence-corrected chi connectivity index (χ0v) is 15.4. The molecule has 0 aliphatic carbocycles. The lowest BCUT2D eigenvalue weighted by atomic mass is 10.0. The maximum atomic E-state index is 14.0. The van der Waals surface area contributed by atoms with E-state index in [0.717, 1.165) is 25.0 Å². The van der Waals surface area contributed by atoms with E-state index in [1.165, 1.54) is 10.4 Å². The molecule has 8 heteroatoms. The summed E-state index contributed by atoms with van der Waals surface area (Å²) in [7, 11) is -2.18. The number of rotatable bonds is 7. The summed E-state index contributed by atoms with van der Waals surface area (Å²) in [5.74, 6) is -1.08. The zero-order chi connectivity index (χ0) is 18.4. The second kappa shape index (κ2) is 8.73. The first-order valence-corrected chi connectivity index (χ1v) is 9.87. The average molecular weight is 372 g/mol. The molecule has 25 heavy (non-hydrogen) atoms. The molecule has 0 spiro atoms. The number of halogens is 1. The Morgan fingerprint density at radius 3 is 2.88 bits per heavy atom. The molecule has 1 unspecified atom stereocenters. The van der Waals surface area contributed by atoms with Crippen molar-refractivity contribution >= 4 is 15.9 Å². The summed E-state index contributed by atoms with van der Waals surface area (Å²) in [6.07, 6.45) is 2.38. The van der Waals surface area contributed by atoms with Crippen LogP contribution in [0.3, 0.4) is 0 Å². The second-order valence-corrected chi connectivity index (χ2v) is 8.29. The van der Waals surface area contributed by atoms with E-state index in [1.54, 1.807) is 7.11 Å². The molecule has 0 saturated carbocycles. The minimum absolute atomic E-state index is 0.0509. The third-order valence-corrected chi connectivity index (χ3v) is 6.11. The SMILES string of the molecule is COCCCNC(=O)c1cc(S(=O)(=O)N2CCCC(C)C2)ccc1F. The Bertz CT molecular complexity index is 709. The Kier molecular flexibility index (Phi) is 6.92. The van der Waals surface area contributed by atoms with E-state index in [-0.39, 0.29) is 16.4 Å². The van der Waals surface area contributed by atoms with Crippen molar-refractivity contribution in [2.45, 2.75) is 31.1 Å². The van der Waals surface area contributed by atoms with Crippen LogP contribution in [0.25, 0.3) is 0 Å². The molecule has 2 rings (SSSR count). The van der Waals surface area contributed by atoms with Crippen LogP contribution in [-0.4, -0.2) is 52.0 Å². The van der Waals surface area contributed by atoms with E-state index < -0.39 is 21.7 Å². The Morgan fingerprint density at radius 2 is 2.20 bits per heavy atom. The molecule has 1 N–H and O–H groups in total. The van der Waals surface area contributed by atoms with Crippen LogP contribution in [0.15, 0.2) is 23.1 Å². The van der Waals surface area contributed by atoms with Gasteiger partial charge < -0.3 is 10.1 Å². The van der Waals surface area contributed by atoms with E-state index in [9.17, 15) is 17.6 Å². The number of carbonyl (C=O) groups excluding carboxylic acids is 1. The highest BCUT2D eigenvalue weighted by Gasteiger charge is 2.29. The number of hydrogen-bond acceptors (Lipinski definition) is 4. The van der Waals surface area contributed by atoms with Gasteiger partial charge >= 0.3 is 0 Å². The van der Waals surface area contributed by atoms with Crippen molar-refractivity contribution in [3.8, 4) is 0 Å². The topological polar surface area (TPSA) is 75.7 Å². The van der Waals surface area contributed by atoms with Crippen molar-refractivity contribution < 1.29 is 22.3 Å². The number of ether oxygens (including phenoxy) is 1. The summed E-state index contributed by atoms with van der Waals surface area (Å²) < 4.78 is 45.8. The van der Waals surface area contributed by atoms with Crippen molar-refractivity contribution in [3.05, 3.63) is 29.6 Å². The first-order chi connectivity index (χ1) is 11.9. The molecule has 0 radical (unpaired) electrons. The second-order valence-electron chi connectivity index (χ2n) is 6.35. The van der Waals surface area contributed by atoms with E-state index in [0.29, 0.717) is 32.7 Å². The van der Waals surface area contributed by atoms with Crippen molar-refractivity contribution in [2.75, 3.05) is 33.4 Å². The van der Waals surface area contributed by atoms with Crippen LogP contribution >= 0.6 is 0 Å². The first kappa shape index (κ1) is 19.8. The Morgan fingerprint density at radius 1 is 1.44 bits per heavy atom. The van der Waals surface area contributed by atoms with Gasteiger partial charge in [0.05, 0.1) is 10.5 Å². The van der Waals surface area contributed by atoms with Crippen LogP contribution in [0.4, 0.5) is 4.39 Å². The molecular formula is C17H25FN2O4S. The molecule has 0 aromatic heterocycles. The number of nitrogens with zero attached hydrogens (tertiary/aromatic N) is 1. The summed E-state index contributed by atoms with van der Waals surface area (Å²) in [5.41, 5.74) is -0.261. The van der Waals surface area contributed by atoms with Crippen LogP contribution in [0.5, 0.6) is 0 Å². The molecule has 1 aromatic rings. The molecule has 1 atom stereocenters. The number of methoxy groups -OCH3 is 1. The van der Waals surface area contributed by atoms with Gasteiger partial charge in [-0.2, -0.15) is 4.31 Å². The van der Waals surface area contributed by atoms with Crippen molar-refractivity contribution in [2.24, 2.45) is 5.92 Å². The quantitative estimate of drug-likeness (QED) is 0.743. The standard InChI is InChI=1S/C17H25FN2O4S/c1-13-5-3-9-20(12-13)25(22,23)14-6-7-16(18)15(11-14)17(21)19-8-4-10-24-2/h6-7,11,13H,3-5,8-10,12H2,1-2H3,(H,19,21). The maximum absolute atomic E-state index is 14.0. The predicted molar refractivity (Wildman–Crippen MR) is 92.4 cm³/mol. The van der Waals surface area contributed by atoms with Gasteiger partial charge in [0.15, 0.2) is 0 Å². The normalized spacial score (nSPS) is 18.9. The van der Waals surface area contributed by atoms with Crippen molar-refractivity contribution in [1.29, 1.82) is 0 Å². The highest BCUT2D eigenvalue weighted by molar-refractivity contribution is 7.89. The minimum Gasteiger partial charge on any atom is -0.385 e. The van der Waals surface area contributed by atoms with Gasteiger partial charge in [0, 0.05) is 33.4 Å². The van der Waals surface area contributed by atoms with Crippen LogP contribution in [0, 0.1) is 11.7 Å². The summed E-state index contributed by atoms with van der Waals surface area (Å²) in [5, 5.41) is 2.57. The third-order valence-electron chi connectivity index (χ3n) is 4.25. The van der Waals surface area contributed by atoms with Crippen LogP contribution < -0.4 is 5.32 Å². The lowest BCUT2D eigenvalue weighted by Gasteiger charge is -2.30. The van der Waals surface area contributed by atoms with Crippen LogP contribution in [-0.2, 0) is 14.8 Å². The number of hydrogen-bond donors (Lipinski definition) is 1. The lowest BCUT2D eigenvalue weighted by molar-refractivity contribution is 0.0944. The fourth-order valence-electron chi connectivity index (χ4n) is 2.87. The molecular weight excluding hydrogens is 347 g/mol. The third kappa shape index (κ3) is 4.99. The molecule has 1 amide bonds. The predicted octanol–water partition coefficient (Wildman–Crippen LogP) is 2.01. The number of sulfonamides is 1. The summed E-state index contributed by atoms with van der Waals surface area (Å²) in [6.45, 7) is 3.70. The zero-order valence-electron chi connectivity index (χ0n) is 14.6. The molecule has 1 fully saturated rings. The van der Waals surface area contributed by atoms with E-state index >= 15 is 0 Å². The number of amides is 1. The molecule has 1 aliphatic heterocycles. The Balaban J connectivity index is 2.18. The number of nitrogens with one attached hydrogen (secondary N) is 1. The molecule has 140 valence electrons. The van der Waals surface area contributed by atoms with E-state index in [2.05, 4.69) is 5.32 Å². The maximum Gasteiger partial charge on any atom is 0.254 e. The summed E-state index contributed by atoms with van der Waals surface area (Å²) in [6, 6.07) is 3.37. The van der Waals surface area contributed by atoms with Crippen LogP contribution in [0.2, 0.25) is 0 Å². The molecule has 1 heterocycles. The highest BCUT2D eigenvalue weighted by Crippen LogP contribution is 2.24. The number of benzene rings is 1. The molecule has 1 aromatic carbocycles. The average Bonchev–Trinajstić information content (AvgIpc) is 2.58. The molecule has 1 aliphatic rings. The van der Waals surface area contributed by atoms with Gasteiger partial charge in [0.1, 0.15) is 5.82 Å². The van der Waals surface area contributed by atoms with Gasteiger partial charge in [-0.3, -0.25) is 4.79 Å². The largest absolute Gasteiger partial charge is 0.385 e. The lowest BCUT2D eigenvalue weighted by Crippen LogP contribution is -2.39. The summed E-state index contributed by atoms with van der Waals surface area (Å²) >= 11 is 0. The van der Waals surface area contributed by atoms with Gasteiger partial charge in [-0.15, -0.1) is 0 Å². The fourth-order valence-corrected chi connectivity index (χ4v) is 4.49. The first-order valence-electron chi connectivity index (χ1n) is 8.43. The van der Waals surface area contributed by atoms with Gasteiger partial charge in [0.2, 0.25) is 10.0 Å². The van der Waals surface area contributed by atoms with Gasteiger partial charge in [-0.1, -0.05) is 6.92 Å². The van der Waals surface area contributed by atoms with Crippen molar-refractivity contribution in [1.82, 2.24) is 9.62 Å². The number of carbonyl (C=O) groups is 1. The highest BCUT2D eigenvalue weighted by atomic mass is 32.2. The monoisotopic (exact) mass is 372 g/mol. The minimum atomic E-state index is -3.73. The molecule has 1 saturated heterocycles. The van der Waals surface area contributed by atoms with E-state index in [1.807, 2.05) is 6.92 Å². The Hall–Kier alpha value is -1.51. The summed E-state index contributed by atoms with van der Waals surface area (Å²) in [4.78, 5) is 12.1. The fraction of sp³-hybridized carbons (Fsp3) is 0.588. The van der Waals surface area contributed by atoms with E-state index in [4.69, 9.17) is 4.74 Å². The van der Waals surface area contributed by atoms with Crippen LogP contribution in [0.1, 0.15) is 36.5 Å². The van der Waals surface area contributed by atoms with Gasteiger partial charge in [-0.25, -0.2) is 12.8 Å². The number of piperidine rings is 1. The van der Waals surface area contributed by atoms with Gasteiger partial charge in [0.25, 0.3) is 5.91 Å². The Labute approximate surface area is 148 Å². The molecule has 0 bridgehead atoms. The van der Waals surface area contributed by atoms with Gasteiger partial charge in [-0.05, 0) is 43.4 Å². The smallest absolute Gasteiger partial charge is 0.254 e.